The zero-order valence-electron chi connectivity index (χ0n) is 14.3. The van der Waals surface area contributed by atoms with E-state index in [1.54, 1.807) is 29.1 Å². The first kappa shape index (κ1) is 16.8. The van der Waals surface area contributed by atoms with Crippen molar-refractivity contribution in [1.82, 2.24) is 14.7 Å². The first-order chi connectivity index (χ1) is 12.1. The molecule has 1 fully saturated rings. The van der Waals surface area contributed by atoms with Gasteiger partial charge in [0, 0.05) is 31.4 Å². The lowest BCUT2D eigenvalue weighted by atomic mass is 10.1. The fourth-order valence-corrected chi connectivity index (χ4v) is 3.10. The molecule has 1 amide bonds. The highest BCUT2D eigenvalue weighted by Crippen LogP contribution is 2.32. The summed E-state index contributed by atoms with van der Waals surface area (Å²) in [6.07, 6.45) is 5.64. The number of carbonyl (C=O) groups excluding carboxylic acids is 1. The van der Waals surface area contributed by atoms with Crippen LogP contribution in [0.25, 0.3) is 0 Å². The number of ether oxygens (including phenoxy) is 2. The van der Waals surface area contributed by atoms with Gasteiger partial charge in [-0.25, -0.2) is 0 Å². The predicted molar refractivity (Wildman–Crippen MR) is 90.1 cm³/mol. The second kappa shape index (κ2) is 7.26. The standard InChI is InChI=1S/C18H20N4O3/c1-21-11-14(10-20-21)15-4-3-7-22(15)18(23)12-25-16-6-5-13(9-19)8-17(16)24-2/h5-6,8,10-11,15H,3-4,7,12H2,1-2H3/t15-/m1/s1. The minimum Gasteiger partial charge on any atom is -0.493 e. The number of aryl methyl sites for hydroxylation is 1. The Hall–Kier alpha value is -3.01. The monoisotopic (exact) mass is 340 g/mol. The molecule has 1 aromatic carbocycles. The van der Waals surface area contributed by atoms with Gasteiger partial charge >= 0.3 is 0 Å². The van der Waals surface area contributed by atoms with Crippen molar-refractivity contribution in [2.45, 2.75) is 18.9 Å². The summed E-state index contributed by atoms with van der Waals surface area (Å²) in [6, 6.07) is 6.97. The lowest BCUT2D eigenvalue weighted by molar-refractivity contribution is -0.134. The van der Waals surface area contributed by atoms with E-state index < -0.39 is 0 Å². The van der Waals surface area contributed by atoms with Crippen LogP contribution in [0.4, 0.5) is 0 Å². The van der Waals surface area contributed by atoms with E-state index in [0.29, 0.717) is 23.6 Å². The summed E-state index contributed by atoms with van der Waals surface area (Å²) in [6.45, 7) is 0.644. The molecule has 0 saturated carbocycles. The maximum absolute atomic E-state index is 12.6. The molecule has 0 aliphatic carbocycles. The molecule has 1 atom stereocenters. The largest absolute Gasteiger partial charge is 0.493 e. The van der Waals surface area contributed by atoms with Crippen molar-refractivity contribution in [3.8, 4) is 17.6 Å². The van der Waals surface area contributed by atoms with Gasteiger partial charge in [-0.1, -0.05) is 0 Å². The zero-order valence-corrected chi connectivity index (χ0v) is 14.3. The fraction of sp³-hybridized carbons (Fsp3) is 0.389. The lowest BCUT2D eigenvalue weighted by Crippen LogP contribution is -2.34. The van der Waals surface area contributed by atoms with Crippen LogP contribution in [-0.2, 0) is 11.8 Å². The van der Waals surface area contributed by atoms with Gasteiger partial charge in [0.25, 0.3) is 5.91 Å². The van der Waals surface area contributed by atoms with E-state index in [1.807, 2.05) is 24.2 Å². The van der Waals surface area contributed by atoms with Crippen LogP contribution >= 0.6 is 0 Å². The van der Waals surface area contributed by atoms with Crippen molar-refractivity contribution >= 4 is 5.91 Å². The number of carbonyl (C=O) groups is 1. The Balaban J connectivity index is 1.67. The summed E-state index contributed by atoms with van der Waals surface area (Å²) in [5, 5.41) is 13.1. The van der Waals surface area contributed by atoms with Crippen LogP contribution in [0.15, 0.2) is 30.6 Å². The molecule has 0 bridgehead atoms. The van der Waals surface area contributed by atoms with Crippen molar-refractivity contribution in [3.63, 3.8) is 0 Å². The Morgan fingerprint density at radius 2 is 2.28 bits per heavy atom. The molecule has 7 heteroatoms. The SMILES string of the molecule is COc1cc(C#N)ccc1OCC(=O)N1CCC[C@@H]1c1cnn(C)c1. The number of nitrogens with zero attached hydrogens (tertiary/aromatic N) is 4. The van der Waals surface area contributed by atoms with Gasteiger partial charge in [-0.05, 0) is 25.0 Å². The molecule has 130 valence electrons. The van der Waals surface area contributed by atoms with Gasteiger partial charge in [-0.15, -0.1) is 0 Å². The highest BCUT2D eigenvalue weighted by atomic mass is 16.5. The van der Waals surface area contributed by atoms with Gasteiger partial charge in [0.15, 0.2) is 18.1 Å². The molecule has 7 nitrogen and oxygen atoms in total. The first-order valence-corrected chi connectivity index (χ1v) is 8.11. The van der Waals surface area contributed by atoms with Crippen molar-refractivity contribution < 1.29 is 14.3 Å². The Bertz CT molecular complexity index is 809. The Labute approximate surface area is 146 Å². The molecule has 1 aromatic heterocycles. The van der Waals surface area contributed by atoms with Crippen molar-refractivity contribution in [2.75, 3.05) is 20.3 Å². The van der Waals surface area contributed by atoms with Crippen LogP contribution in [0.2, 0.25) is 0 Å². The molecule has 1 aliphatic rings. The number of rotatable bonds is 5. The number of nitriles is 1. The van der Waals surface area contributed by atoms with Gasteiger partial charge in [-0.3, -0.25) is 9.48 Å². The van der Waals surface area contributed by atoms with Gasteiger partial charge < -0.3 is 14.4 Å². The Morgan fingerprint density at radius 1 is 1.44 bits per heavy atom. The molecule has 2 aromatic rings. The molecule has 3 rings (SSSR count). The number of benzene rings is 1. The number of hydrogen-bond donors (Lipinski definition) is 0. The van der Waals surface area contributed by atoms with Crippen LogP contribution in [0.5, 0.6) is 11.5 Å². The Morgan fingerprint density at radius 3 is 2.96 bits per heavy atom. The number of aromatic nitrogens is 2. The van der Waals surface area contributed by atoms with Gasteiger partial charge in [0.2, 0.25) is 0 Å². The molecule has 1 aliphatic heterocycles. The van der Waals surface area contributed by atoms with Crippen LogP contribution in [-0.4, -0.2) is 40.8 Å². The number of likely N-dealkylation sites (tertiary alicyclic amines) is 1. The number of hydrogen-bond acceptors (Lipinski definition) is 5. The second-order valence-electron chi connectivity index (χ2n) is 5.96. The third-order valence-electron chi connectivity index (χ3n) is 4.33. The highest BCUT2D eigenvalue weighted by Gasteiger charge is 2.31. The summed E-state index contributed by atoms with van der Waals surface area (Å²) in [5.74, 6) is 0.821. The normalized spacial score (nSPS) is 16.5. The van der Waals surface area contributed by atoms with Crippen LogP contribution in [0, 0.1) is 11.3 Å². The Kier molecular flexibility index (Phi) is 4.89. The number of methoxy groups -OCH3 is 1. The molecule has 0 N–H and O–H groups in total. The first-order valence-electron chi connectivity index (χ1n) is 8.11. The van der Waals surface area contributed by atoms with Crippen molar-refractivity contribution in [1.29, 1.82) is 5.26 Å². The molecule has 0 radical (unpaired) electrons. The van der Waals surface area contributed by atoms with Crippen molar-refractivity contribution in [2.24, 2.45) is 7.05 Å². The molecule has 1 saturated heterocycles. The summed E-state index contributed by atoms with van der Waals surface area (Å²) < 4.78 is 12.6. The van der Waals surface area contributed by atoms with Gasteiger partial charge in [0.1, 0.15) is 0 Å². The molecular weight excluding hydrogens is 320 g/mol. The summed E-state index contributed by atoms with van der Waals surface area (Å²) in [5.41, 5.74) is 1.52. The fourth-order valence-electron chi connectivity index (χ4n) is 3.10. The molecule has 0 spiro atoms. The third kappa shape index (κ3) is 3.58. The topological polar surface area (TPSA) is 80.4 Å². The quantitative estimate of drug-likeness (QED) is 0.832. The smallest absolute Gasteiger partial charge is 0.261 e. The summed E-state index contributed by atoms with van der Waals surface area (Å²) >= 11 is 0. The maximum atomic E-state index is 12.6. The number of amides is 1. The van der Waals surface area contributed by atoms with E-state index in [0.717, 1.165) is 18.4 Å². The minimum absolute atomic E-state index is 0.0488. The maximum Gasteiger partial charge on any atom is 0.261 e. The lowest BCUT2D eigenvalue weighted by Gasteiger charge is -2.24. The van der Waals surface area contributed by atoms with E-state index in [9.17, 15) is 4.79 Å². The second-order valence-corrected chi connectivity index (χ2v) is 5.96. The minimum atomic E-state index is -0.0715. The van der Waals surface area contributed by atoms with Crippen LogP contribution < -0.4 is 9.47 Å². The van der Waals surface area contributed by atoms with E-state index in [4.69, 9.17) is 14.7 Å². The molecule has 0 unspecified atom stereocenters. The van der Waals surface area contributed by atoms with Gasteiger partial charge in [0.05, 0.1) is 31.0 Å². The highest BCUT2D eigenvalue weighted by molar-refractivity contribution is 5.78. The van der Waals surface area contributed by atoms with Crippen molar-refractivity contribution in [3.05, 3.63) is 41.7 Å². The van der Waals surface area contributed by atoms with E-state index in [2.05, 4.69) is 5.10 Å². The third-order valence-corrected chi connectivity index (χ3v) is 4.33. The van der Waals surface area contributed by atoms with E-state index in [-0.39, 0.29) is 18.6 Å². The van der Waals surface area contributed by atoms with E-state index >= 15 is 0 Å². The average Bonchev–Trinajstić information content (AvgIpc) is 3.28. The average molecular weight is 340 g/mol. The molecule has 2 heterocycles. The van der Waals surface area contributed by atoms with Crippen LogP contribution in [0.1, 0.15) is 30.0 Å². The molecular formula is C18H20N4O3. The zero-order chi connectivity index (χ0) is 17.8. The van der Waals surface area contributed by atoms with E-state index in [1.165, 1.54) is 7.11 Å². The van der Waals surface area contributed by atoms with Gasteiger partial charge in [-0.2, -0.15) is 10.4 Å². The summed E-state index contributed by atoms with van der Waals surface area (Å²) in [7, 11) is 3.37. The molecule has 25 heavy (non-hydrogen) atoms. The predicted octanol–water partition coefficient (Wildman–Crippen LogP) is 2.04. The summed E-state index contributed by atoms with van der Waals surface area (Å²) in [4.78, 5) is 14.5. The van der Waals surface area contributed by atoms with Crippen LogP contribution in [0.3, 0.4) is 0 Å².